The van der Waals surface area contributed by atoms with E-state index >= 15 is 0 Å². The molecule has 154 valence electrons. The van der Waals surface area contributed by atoms with Crippen LogP contribution in [0.25, 0.3) is 0 Å². The smallest absolute Gasteiger partial charge is 0.430 e. The quantitative estimate of drug-likeness (QED) is 0.464. The SMILES string of the molecule is CC(C)(C)OC(COc1ccc([S+]2CCCC2)cc1)(C(F)(F)F)C(F)(F)F. The van der Waals surface area contributed by atoms with Crippen molar-refractivity contribution in [3.63, 3.8) is 0 Å². The van der Waals surface area contributed by atoms with Gasteiger partial charge in [0.1, 0.15) is 23.9 Å². The molecule has 0 saturated carbocycles. The summed E-state index contributed by atoms with van der Waals surface area (Å²) in [6, 6.07) is 6.24. The van der Waals surface area contributed by atoms with Gasteiger partial charge in [-0.15, -0.1) is 0 Å². The molecule has 0 unspecified atom stereocenters. The largest absolute Gasteiger partial charge is 0.490 e. The van der Waals surface area contributed by atoms with E-state index in [-0.39, 0.29) is 16.6 Å². The molecular formula is C18H23F6O2S+. The van der Waals surface area contributed by atoms with E-state index in [1.54, 1.807) is 12.1 Å². The number of hydrogen-bond acceptors (Lipinski definition) is 2. The summed E-state index contributed by atoms with van der Waals surface area (Å²) < 4.78 is 90.1. The average Bonchev–Trinajstić information content (AvgIpc) is 3.03. The molecule has 9 heteroatoms. The highest BCUT2D eigenvalue weighted by Gasteiger charge is 2.74. The van der Waals surface area contributed by atoms with Crippen molar-refractivity contribution in [3.05, 3.63) is 24.3 Å². The second-order valence-corrected chi connectivity index (χ2v) is 9.68. The van der Waals surface area contributed by atoms with Crippen LogP contribution in [0.15, 0.2) is 29.2 Å². The molecular weight excluding hydrogens is 394 g/mol. The van der Waals surface area contributed by atoms with Gasteiger partial charge in [-0.2, -0.15) is 26.3 Å². The maximum Gasteiger partial charge on any atom is 0.430 e. The Balaban J connectivity index is 2.22. The standard InChI is InChI=1S/C18H23F6O2S/c1-15(2,3)26-16(17(19,20)21,18(22,23)24)12-25-13-6-8-14(9-7-13)27-10-4-5-11-27/h6-9H,4-5,10-12H2,1-3H3/q+1. The molecule has 1 aliphatic heterocycles. The van der Waals surface area contributed by atoms with Crippen LogP contribution in [-0.4, -0.2) is 41.7 Å². The van der Waals surface area contributed by atoms with Gasteiger partial charge in [0.05, 0.1) is 5.60 Å². The van der Waals surface area contributed by atoms with Gasteiger partial charge in [-0.05, 0) is 57.9 Å². The summed E-state index contributed by atoms with van der Waals surface area (Å²) in [7, 11) is 0.0982. The molecule has 2 nitrogen and oxygen atoms in total. The van der Waals surface area contributed by atoms with Crippen molar-refractivity contribution in [1.29, 1.82) is 0 Å². The summed E-state index contributed by atoms with van der Waals surface area (Å²) >= 11 is 0. The van der Waals surface area contributed by atoms with Crippen LogP contribution in [0.1, 0.15) is 33.6 Å². The number of benzene rings is 1. The molecule has 0 spiro atoms. The number of ether oxygens (including phenoxy) is 2. The first kappa shape index (κ1) is 22.2. The molecule has 0 N–H and O–H groups in total. The van der Waals surface area contributed by atoms with Crippen molar-refractivity contribution in [3.8, 4) is 5.75 Å². The van der Waals surface area contributed by atoms with Gasteiger partial charge >= 0.3 is 12.4 Å². The van der Waals surface area contributed by atoms with Crippen LogP contribution in [0.3, 0.4) is 0 Å². The van der Waals surface area contributed by atoms with Crippen molar-refractivity contribution in [1.82, 2.24) is 0 Å². The Hall–Kier alpha value is -1.09. The number of halogens is 6. The summed E-state index contributed by atoms with van der Waals surface area (Å²) in [5.74, 6) is 2.06. The summed E-state index contributed by atoms with van der Waals surface area (Å²) in [5.41, 5.74) is -6.09. The third kappa shape index (κ3) is 5.25. The molecule has 0 aliphatic carbocycles. The minimum absolute atomic E-state index is 0.0584. The van der Waals surface area contributed by atoms with Crippen LogP contribution in [0.5, 0.6) is 5.75 Å². The molecule has 1 heterocycles. The predicted octanol–water partition coefficient (Wildman–Crippen LogP) is 5.51. The first-order chi connectivity index (χ1) is 12.3. The zero-order valence-electron chi connectivity index (χ0n) is 15.3. The van der Waals surface area contributed by atoms with Crippen LogP contribution in [0, 0.1) is 0 Å². The molecule has 1 aromatic carbocycles. The second kappa shape index (κ2) is 7.73. The second-order valence-electron chi connectivity index (χ2n) is 7.41. The molecule has 0 aromatic heterocycles. The highest BCUT2D eigenvalue weighted by molar-refractivity contribution is 7.97. The van der Waals surface area contributed by atoms with E-state index in [9.17, 15) is 26.3 Å². The van der Waals surface area contributed by atoms with E-state index in [1.807, 2.05) is 0 Å². The highest BCUT2D eigenvalue weighted by Crippen LogP contribution is 2.48. The van der Waals surface area contributed by atoms with Crippen molar-refractivity contribution in [2.75, 3.05) is 18.1 Å². The van der Waals surface area contributed by atoms with E-state index in [2.05, 4.69) is 4.74 Å². The van der Waals surface area contributed by atoms with Gasteiger partial charge in [0, 0.05) is 10.9 Å². The monoisotopic (exact) mass is 417 g/mol. The van der Waals surface area contributed by atoms with Crippen LogP contribution in [0.2, 0.25) is 0 Å². The molecule has 27 heavy (non-hydrogen) atoms. The number of rotatable bonds is 5. The zero-order chi connectivity index (χ0) is 20.5. The Morgan fingerprint density at radius 3 is 1.74 bits per heavy atom. The summed E-state index contributed by atoms with van der Waals surface area (Å²) in [4.78, 5) is 1.05. The third-order valence-electron chi connectivity index (χ3n) is 4.03. The van der Waals surface area contributed by atoms with Gasteiger partial charge in [0.2, 0.25) is 0 Å². The predicted molar refractivity (Wildman–Crippen MR) is 92.2 cm³/mol. The molecule has 0 atom stereocenters. The minimum Gasteiger partial charge on any atom is -0.490 e. The topological polar surface area (TPSA) is 18.5 Å². The van der Waals surface area contributed by atoms with Crippen LogP contribution in [0.4, 0.5) is 26.3 Å². The normalized spacial score (nSPS) is 17.4. The lowest BCUT2D eigenvalue weighted by Crippen LogP contribution is -2.64. The number of hydrogen-bond donors (Lipinski definition) is 0. The van der Waals surface area contributed by atoms with Gasteiger partial charge in [-0.25, -0.2) is 0 Å². The Bertz CT molecular complexity index is 599. The van der Waals surface area contributed by atoms with Crippen molar-refractivity contribution in [2.45, 2.75) is 62.1 Å². The first-order valence-electron chi connectivity index (χ1n) is 8.49. The Kier molecular flexibility index (Phi) is 6.36. The lowest BCUT2D eigenvalue weighted by Gasteiger charge is -2.41. The average molecular weight is 417 g/mol. The fraction of sp³-hybridized carbons (Fsp3) is 0.667. The molecule has 1 aromatic rings. The van der Waals surface area contributed by atoms with E-state index < -0.39 is 30.2 Å². The zero-order valence-corrected chi connectivity index (χ0v) is 16.2. The van der Waals surface area contributed by atoms with Gasteiger partial charge in [0.15, 0.2) is 4.90 Å². The maximum atomic E-state index is 13.4. The van der Waals surface area contributed by atoms with E-state index in [0.717, 1.165) is 50.0 Å². The van der Waals surface area contributed by atoms with E-state index in [1.165, 1.54) is 12.1 Å². The van der Waals surface area contributed by atoms with Gasteiger partial charge in [-0.1, -0.05) is 0 Å². The fourth-order valence-electron chi connectivity index (χ4n) is 2.80. The highest BCUT2D eigenvalue weighted by atomic mass is 32.2. The minimum atomic E-state index is -5.69. The Morgan fingerprint density at radius 1 is 0.852 bits per heavy atom. The summed E-state index contributed by atoms with van der Waals surface area (Å²) in [5, 5.41) is 0. The van der Waals surface area contributed by atoms with Crippen molar-refractivity contribution < 1.29 is 35.8 Å². The summed E-state index contributed by atoms with van der Waals surface area (Å²) in [6.07, 6.45) is -9.12. The first-order valence-corrected chi connectivity index (χ1v) is 10.1. The molecule has 0 bridgehead atoms. The van der Waals surface area contributed by atoms with Gasteiger partial charge < -0.3 is 9.47 Å². The van der Waals surface area contributed by atoms with E-state index in [4.69, 9.17) is 4.74 Å². The molecule has 0 amide bonds. The number of alkyl halides is 6. The van der Waals surface area contributed by atoms with E-state index in [0.29, 0.717) is 0 Å². The molecule has 1 saturated heterocycles. The van der Waals surface area contributed by atoms with Crippen molar-refractivity contribution >= 4 is 10.9 Å². The third-order valence-corrected chi connectivity index (χ3v) is 6.53. The van der Waals surface area contributed by atoms with Crippen molar-refractivity contribution in [2.24, 2.45) is 0 Å². The lowest BCUT2D eigenvalue weighted by molar-refractivity contribution is -0.403. The van der Waals surface area contributed by atoms with Gasteiger partial charge in [-0.3, -0.25) is 0 Å². The van der Waals surface area contributed by atoms with Crippen LogP contribution < -0.4 is 4.74 Å². The van der Waals surface area contributed by atoms with Crippen LogP contribution >= 0.6 is 0 Å². The molecule has 0 radical (unpaired) electrons. The molecule has 1 fully saturated rings. The molecule has 1 aliphatic rings. The maximum absolute atomic E-state index is 13.4. The molecule has 2 rings (SSSR count). The fourth-order valence-corrected chi connectivity index (χ4v) is 5.10. The van der Waals surface area contributed by atoms with Gasteiger partial charge in [0.25, 0.3) is 5.60 Å². The Labute approximate surface area is 157 Å². The Morgan fingerprint density at radius 2 is 1.33 bits per heavy atom. The lowest BCUT2D eigenvalue weighted by atomic mass is 10.0. The van der Waals surface area contributed by atoms with Crippen LogP contribution in [-0.2, 0) is 15.6 Å². The summed E-state index contributed by atoms with van der Waals surface area (Å²) in [6.45, 7) is 1.70.